The number of nitrogens with two attached hydrogens (primary N) is 1. The normalized spacial score (nSPS) is 11.7. The van der Waals surface area contributed by atoms with Crippen molar-refractivity contribution in [3.05, 3.63) is 46.5 Å². The molecule has 5 N–H and O–H groups in total. The number of carbonyl (C=O) groups excluding carboxylic acids is 1. The zero-order valence-electron chi connectivity index (χ0n) is 16.4. The number of benzene rings is 1. The second kappa shape index (κ2) is 10.4. The third-order valence-corrected chi connectivity index (χ3v) is 3.86. The van der Waals surface area contributed by atoms with Gasteiger partial charge in [-0.2, -0.15) is 13.2 Å². The Kier molecular flexibility index (Phi) is 8.53. The summed E-state index contributed by atoms with van der Waals surface area (Å²) in [6.07, 6.45) is -5.08. The van der Waals surface area contributed by atoms with Crippen molar-refractivity contribution in [2.45, 2.75) is 26.1 Å². The van der Waals surface area contributed by atoms with E-state index < -0.39 is 12.1 Å². The number of urea groups is 1. The van der Waals surface area contributed by atoms with Crippen LogP contribution in [-0.2, 0) is 4.79 Å². The van der Waals surface area contributed by atoms with Crippen LogP contribution in [0.25, 0.3) is 11.3 Å². The van der Waals surface area contributed by atoms with E-state index in [1.54, 1.807) is 31.0 Å². The predicted molar refractivity (Wildman–Crippen MR) is 104 cm³/mol. The number of aromatic nitrogens is 2. The number of amides is 2. The summed E-state index contributed by atoms with van der Waals surface area (Å²) in [5.41, 5.74) is 7.43. The molecule has 0 spiro atoms. The fraction of sp³-hybridized carbons (Fsp3) is 0.333. The van der Waals surface area contributed by atoms with Gasteiger partial charge in [-0.1, -0.05) is 12.1 Å². The molecule has 1 unspecified atom stereocenters. The summed E-state index contributed by atoms with van der Waals surface area (Å²) < 4.78 is 31.7. The summed E-state index contributed by atoms with van der Waals surface area (Å²) in [6, 6.07) is 8.33. The predicted octanol–water partition coefficient (Wildman–Crippen LogP) is 2.19. The lowest BCUT2D eigenvalue weighted by atomic mass is 10.1. The molecular weight excluding hydrogens is 407 g/mol. The maximum Gasteiger partial charge on any atom is 0.490 e. The number of aromatic amines is 1. The molecule has 0 saturated heterocycles. The molecule has 0 bridgehead atoms. The van der Waals surface area contributed by atoms with Crippen molar-refractivity contribution in [1.29, 1.82) is 0 Å². The number of aryl methyl sites for hydroxylation is 1. The SMILES string of the molecule is Cc1nc(-c2ccc(NC(=O)N(C)C(C)CN)cc2)cc(=O)[nH]1.O=C(O)C(F)(F)F. The highest BCUT2D eigenvalue weighted by molar-refractivity contribution is 5.89. The first kappa shape index (κ1) is 24.6. The van der Waals surface area contributed by atoms with Crippen LogP contribution < -0.4 is 16.6 Å². The van der Waals surface area contributed by atoms with E-state index in [4.69, 9.17) is 15.6 Å². The Hall–Kier alpha value is -3.41. The van der Waals surface area contributed by atoms with Gasteiger partial charge in [-0.05, 0) is 26.0 Å². The Bertz CT molecular complexity index is 929. The molecule has 30 heavy (non-hydrogen) atoms. The minimum Gasteiger partial charge on any atom is -0.475 e. The highest BCUT2D eigenvalue weighted by Crippen LogP contribution is 2.19. The summed E-state index contributed by atoms with van der Waals surface area (Å²) in [6.45, 7) is 4.01. The van der Waals surface area contributed by atoms with Crippen LogP contribution in [0, 0.1) is 6.92 Å². The van der Waals surface area contributed by atoms with Gasteiger partial charge in [-0.25, -0.2) is 14.6 Å². The largest absolute Gasteiger partial charge is 0.490 e. The average Bonchev–Trinajstić information content (AvgIpc) is 2.66. The molecule has 1 atom stereocenters. The molecule has 0 radical (unpaired) electrons. The number of carbonyl (C=O) groups is 2. The van der Waals surface area contributed by atoms with Crippen molar-refractivity contribution in [1.82, 2.24) is 14.9 Å². The number of nitrogens with one attached hydrogen (secondary N) is 2. The lowest BCUT2D eigenvalue weighted by molar-refractivity contribution is -0.192. The molecule has 0 aliphatic rings. The Morgan fingerprint density at radius 3 is 2.27 bits per heavy atom. The molecule has 1 aromatic heterocycles. The molecule has 0 aliphatic carbocycles. The third-order valence-electron chi connectivity index (χ3n) is 3.86. The van der Waals surface area contributed by atoms with Crippen LogP contribution >= 0.6 is 0 Å². The monoisotopic (exact) mass is 429 g/mol. The molecular formula is C18H22F3N5O4. The summed E-state index contributed by atoms with van der Waals surface area (Å²) in [7, 11) is 1.70. The van der Waals surface area contributed by atoms with E-state index in [1.165, 1.54) is 6.07 Å². The Balaban J connectivity index is 0.000000553. The zero-order valence-corrected chi connectivity index (χ0v) is 16.4. The van der Waals surface area contributed by atoms with Gasteiger partial charge in [-0.15, -0.1) is 0 Å². The van der Waals surface area contributed by atoms with Crippen molar-refractivity contribution in [3.8, 4) is 11.3 Å². The number of nitrogens with zero attached hydrogens (tertiary/aromatic N) is 2. The van der Waals surface area contributed by atoms with Crippen LogP contribution in [0.1, 0.15) is 12.7 Å². The van der Waals surface area contributed by atoms with E-state index in [0.717, 1.165) is 5.56 Å². The number of alkyl halides is 3. The second-order valence-electron chi connectivity index (χ2n) is 6.22. The topological polar surface area (TPSA) is 141 Å². The maximum absolute atomic E-state index is 12.1. The minimum atomic E-state index is -5.08. The number of anilines is 1. The van der Waals surface area contributed by atoms with Crippen molar-refractivity contribution >= 4 is 17.7 Å². The van der Waals surface area contributed by atoms with Crippen molar-refractivity contribution in [2.75, 3.05) is 18.9 Å². The minimum absolute atomic E-state index is 0.0440. The number of rotatable bonds is 4. The fourth-order valence-corrected chi connectivity index (χ4v) is 2.02. The van der Waals surface area contributed by atoms with Crippen LogP contribution in [0.5, 0.6) is 0 Å². The number of hydrogen-bond donors (Lipinski definition) is 4. The second-order valence-corrected chi connectivity index (χ2v) is 6.22. The maximum atomic E-state index is 12.1. The smallest absolute Gasteiger partial charge is 0.475 e. The molecule has 164 valence electrons. The number of likely N-dealkylation sites (N-methyl/N-ethyl adjacent to an activating group) is 1. The van der Waals surface area contributed by atoms with E-state index in [2.05, 4.69) is 15.3 Å². The van der Waals surface area contributed by atoms with E-state index in [1.807, 2.05) is 19.1 Å². The third kappa shape index (κ3) is 7.54. The molecule has 2 rings (SSSR count). The molecule has 12 heteroatoms. The fourth-order valence-electron chi connectivity index (χ4n) is 2.02. The van der Waals surface area contributed by atoms with Crippen molar-refractivity contribution in [2.24, 2.45) is 5.73 Å². The van der Waals surface area contributed by atoms with Gasteiger partial charge in [0.2, 0.25) is 0 Å². The van der Waals surface area contributed by atoms with Gasteiger partial charge in [-0.3, -0.25) is 4.79 Å². The van der Waals surface area contributed by atoms with Gasteiger partial charge in [0, 0.05) is 37.0 Å². The van der Waals surface area contributed by atoms with E-state index in [0.29, 0.717) is 23.8 Å². The van der Waals surface area contributed by atoms with E-state index >= 15 is 0 Å². The first-order valence-corrected chi connectivity index (χ1v) is 8.57. The van der Waals surface area contributed by atoms with Gasteiger partial charge in [0.25, 0.3) is 5.56 Å². The van der Waals surface area contributed by atoms with Crippen LogP contribution in [0.15, 0.2) is 35.1 Å². The molecule has 1 heterocycles. The molecule has 0 saturated carbocycles. The lowest BCUT2D eigenvalue weighted by Gasteiger charge is -2.23. The molecule has 0 fully saturated rings. The Morgan fingerprint density at radius 1 is 1.30 bits per heavy atom. The zero-order chi connectivity index (χ0) is 23.1. The molecule has 9 nitrogen and oxygen atoms in total. The van der Waals surface area contributed by atoms with Gasteiger partial charge in [0.05, 0.1) is 5.69 Å². The molecule has 2 aromatic rings. The number of halogens is 3. The number of hydrogen-bond acceptors (Lipinski definition) is 5. The van der Waals surface area contributed by atoms with Crippen LogP contribution in [0.3, 0.4) is 0 Å². The highest BCUT2D eigenvalue weighted by Gasteiger charge is 2.38. The molecule has 2 amide bonds. The van der Waals surface area contributed by atoms with Gasteiger partial charge >= 0.3 is 18.2 Å². The number of carboxylic acid groups (broad SMARTS) is 1. The van der Waals surface area contributed by atoms with Crippen molar-refractivity contribution < 1.29 is 27.9 Å². The molecule has 1 aromatic carbocycles. The number of aliphatic carboxylic acids is 1. The van der Waals surface area contributed by atoms with Crippen LogP contribution in [0.4, 0.5) is 23.7 Å². The molecule has 0 aliphatic heterocycles. The number of H-pyrrole nitrogens is 1. The van der Waals surface area contributed by atoms with Gasteiger partial charge in [0.15, 0.2) is 0 Å². The summed E-state index contributed by atoms with van der Waals surface area (Å²) in [5, 5.41) is 9.93. The quantitative estimate of drug-likeness (QED) is 0.587. The standard InChI is InChI=1S/C16H21N5O2.C2HF3O2/c1-10(9-17)21(3)16(23)20-13-6-4-12(5-7-13)14-8-15(22)19-11(2)18-14;3-2(4,5)1(6)7/h4-8,10H,9,17H2,1-3H3,(H,20,23)(H,18,19,22);(H,6,7). The lowest BCUT2D eigenvalue weighted by Crippen LogP contribution is -2.42. The highest BCUT2D eigenvalue weighted by atomic mass is 19.4. The van der Waals surface area contributed by atoms with E-state index in [9.17, 15) is 22.8 Å². The van der Waals surface area contributed by atoms with Crippen molar-refractivity contribution in [3.63, 3.8) is 0 Å². The summed E-state index contributed by atoms with van der Waals surface area (Å²) >= 11 is 0. The van der Waals surface area contributed by atoms with Crippen LogP contribution in [0.2, 0.25) is 0 Å². The van der Waals surface area contributed by atoms with Gasteiger partial charge < -0.3 is 26.0 Å². The number of carboxylic acids is 1. The van der Waals surface area contributed by atoms with Gasteiger partial charge in [0.1, 0.15) is 5.82 Å². The summed E-state index contributed by atoms with van der Waals surface area (Å²) in [5.74, 6) is -2.20. The van der Waals surface area contributed by atoms with Crippen LogP contribution in [-0.4, -0.2) is 57.8 Å². The Morgan fingerprint density at radius 2 is 1.83 bits per heavy atom. The van der Waals surface area contributed by atoms with E-state index in [-0.39, 0.29) is 17.6 Å². The Labute approximate surface area is 169 Å². The summed E-state index contributed by atoms with van der Waals surface area (Å²) in [4.78, 5) is 40.9. The first-order chi connectivity index (χ1) is 13.8. The average molecular weight is 429 g/mol. The first-order valence-electron chi connectivity index (χ1n) is 8.57.